The summed E-state index contributed by atoms with van der Waals surface area (Å²) in [5.74, 6) is -0.413. The van der Waals surface area contributed by atoms with Crippen LogP contribution in [0.5, 0.6) is 0 Å². The molecule has 0 atom stereocenters. The van der Waals surface area contributed by atoms with E-state index in [2.05, 4.69) is 11.9 Å². The van der Waals surface area contributed by atoms with Gasteiger partial charge in [-0.3, -0.25) is 4.79 Å². The quantitative estimate of drug-likeness (QED) is 0.334. The topological polar surface area (TPSA) is 59.2 Å². The first kappa shape index (κ1) is 20.0. The summed E-state index contributed by atoms with van der Waals surface area (Å²) in [6.07, 6.45) is 8.79. The lowest BCUT2D eigenvalue weighted by Crippen LogP contribution is -2.07. The van der Waals surface area contributed by atoms with E-state index < -0.39 is 5.97 Å². The Morgan fingerprint density at radius 3 is 2.46 bits per heavy atom. The van der Waals surface area contributed by atoms with Gasteiger partial charge in [0.25, 0.3) is 0 Å². The molecule has 4 nitrogen and oxygen atoms in total. The molecule has 2 rings (SSSR count). The van der Waals surface area contributed by atoms with Crippen molar-refractivity contribution in [2.45, 2.75) is 65.4 Å². The van der Waals surface area contributed by atoms with Crippen molar-refractivity contribution < 1.29 is 14.3 Å². The maximum atomic E-state index is 12.4. The average molecular weight is 355 g/mol. The fourth-order valence-corrected chi connectivity index (χ4v) is 3.16. The predicted molar refractivity (Wildman–Crippen MR) is 104 cm³/mol. The number of unbranched alkanes of at least 4 members (excludes halogenated alkanes) is 5. The van der Waals surface area contributed by atoms with E-state index in [1.54, 1.807) is 0 Å². The Morgan fingerprint density at radius 2 is 1.77 bits per heavy atom. The Labute approximate surface area is 156 Å². The number of nitrogens with one attached hydrogen (secondary N) is 1. The molecule has 2 aromatic rings. The minimum atomic E-state index is -0.413. The molecule has 0 aliphatic rings. The van der Waals surface area contributed by atoms with Crippen LogP contribution >= 0.6 is 0 Å². The van der Waals surface area contributed by atoms with Crippen LogP contribution in [0.2, 0.25) is 0 Å². The number of carbonyl (C=O) groups excluding carboxylic acids is 2. The van der Waals surface area contributed by atoms with Crippen molar-refractivity contribution in [1.82, 2.24) is 4.98 Å². The lowest BCUT2D eigenvalue weighted by Gasteiger charge is -2.05. The van der Waals surface area contributed by atoms with Crippen molar-refractivity contribution in [3.63, 3.8) is 0 Å². The molecule has 140 valence electrons. The molecule has 0 aliphatic carbocycles. The van der Waals surface area contributed by atoms with Crippen LogP contribution in [0.4, 0.5) is 0 Å². The van der Waals surface area contributed by atoms with Crippen LogP contribution in [-0.2, 0) is 17.8 Å². The first-order valence-electron chi connectivity index (χ1n) is 9.55. The largest absolute Gasteiger partial charge is 0.456 e. The zero-order valence-corrected chi connectivity index (χ0v) is 15.8. The number of aromatic nitrogens is 1. The van der Waals surface area contributed by atoms with Crippen molar-refractivity contribution in [2.75, 3.05) is 0 Å². The molecule has 26 heavy (non-hydrogen) atoms. The Kier molecular flexibility index (Phi) is 8.13. The predicted octanol–water partition coefficient (Wildman–Crippen LogP) is 5.40. The second kappa shape index (κ2) is 10.6. The number of aromatic amines is 1. The highest BCUT2D eigenvalue weighted by molar-refractivity contribution is 5.92. The van der Waals surface area contributed by atoms with Gasteiger partial charge < -0.3 is 9.72 Å². The number of aldehydes is 1. The molecule has 4 heteroatoms. The molecule has 0 aliphatic heterocycles. The monoisotopic (exact) mass is 355 g/mol. The zero-order chi connectivity index (χ0) is 18.8. The maximum Gasteiger partial charge on any atom is 0.355 e. The third kappa shape index (κ3) is 5.58. The standard InChI is InChI=1S/C22H29NO3/c1-3-4-5-6-7-11-14-19-17(2)21(23-20(19)15-24)22(25)26-16-18-12-9-8-10-13-18/h8-10,12-13,15,23H,3-7,11,14,16H2,1-2H3. The fourth-order valence-electron chi connectivity index (χ4n) is 3.16. The van der Waals surface area contributed by atoms with Crippen molar-refractivity contribution in [2.24, 2.45) is 0 Å². The molecule has 0 bridgehead atoms. The molecular formula is C22H29NO3. The van der Waals surface area contributed by atoms with E-state index in [-0.39, 0.29) is 6.61 Å². The average Bonchev–Trinajstić information content (AvgIpc) is 2.99. The van der Waals surface area contributed by atoms with Crippen molar-refractivity contribution in [1.29, 1.82) is 0 Å². The van der Waals surface area contributed by atoms with E-state index in [9.17, 15) is 9.59 Å². The second-order valence-corrected chi connectivity index (χ2v) is 6.71. The van der Waals surface area contributed by atoms with Crippen molar-refractivity contribution in [3.8, 4) is 0 Å². The number of hydrogen-bond acceptors (Lipinski definition) is 3. The Bertz CT molecular complexity index is 704. The fraction of sp³-hybridized carbons (Fsp3) is 0.455. The van der Waals surface area contributed by atoms with Gasteiger partial charge in [0.15, 0.2) is 6.29 Å². The van der Waals surface area contributed by atoms with Gasteiger partial charge in [-0.1, -0.05) is 69.4 Å². The number of H-pyrrole nitrogens is 1. The van der Waals surface area contributed by atoms with Crippen LogP contribution < -0.4 is 0 Å². The number of esters is 1. The summed E-state index contributed by atoms with van der Waals surface area (Å²) in [5.41, 5.74) is 3.61. The van der Waals surface area contributed by atoms with Gasteiger partial charge in [-0.2, -0.15) is 0 Å². The second-order valence-electron chi connectivity index (χ2n) is 6.71. The van der Waals surface area contributed by atoms with Gasteiger partial charge in [-0.15, -0.1) is 0 Å². The van der Waals surface area contributed by atoms with Gasteiger partial charge in [0, 0.05) is 0 Å². The maximum absolute atomic E-state index is 12.4. The van der Waals surface area contributed by atoms with Gasteiger partial charge in [-0.25, -0.2) is 4.79 Å². The molecule has 1 N–H and O–H groups in total. The summed E-state index contributed by atoms with van der Waals surface area (Å²) in [6, 6.07) is 9.56. The summed E-state index contributed by atoms with van der Waals surface area (Å²) < 4.78 is 5.39. The number of carbonyl (C=O) groups is 2. The molecule has 1 aromatic carbocycles. The van der Waals surface area contributed by atoms with Gasteiger partial charge in [0.05, 0.1) is 5.69 Å². The Balaban J connectivity index is 1.95. The molecule has 0 amide bonds. The third-order valence-corrected chi connectivity index (χ3v) is 4.73. The Morgan fingerprint density at radius 1 is 1.08 bits per heavy atom. The molecule has 1 aromatic heterocycles. The van der Waals surface area contributed by atoms with Crippen LogP contribution in [0, 0.1) is 6.92 Å². The highest BCUT2D eigenvalue weighted by Crippen LogP contribution is 2.21. The number of ether oxygens (including phenoxy) is 1. The first-order valence-corrected chi connectivity index (χ1v) is 9.55. The minimum absolute atomic E-state index is 0.224. The van der Waals surface area contributed by atoms with Gasteiger partial charge in [-0.05, 0) is 36.5 Å². The lowest BCUT2D eigenvalue weighted by molar-refractivity contribution is 0.0465. The molecule has 0 saturated heterocycles. The van der Waals surface area contributed by atoms with Gasteiger partial charge in [0.2, 0.25) is 0 Å². The molecule has 1 heterocycles. The van der Waals surface area contributed by atoms with Crippen LogP contribution in [0.15, 0.2) is 30.3 Å². The smallest absolute Gasteiger partial charge is 0.355 e. The normalized spacial score (nSPS) is 10.7. The van der Waals surface area contributed by atoms with Crippen molar-refractivity contribution in [3.05, 3.63) is 58.4 Å². The lowest BCUT2D eigenvalue weighted by atomic mass is 10.0. The summed E-state index contributed by atoms with van der Waals surface area (Å²) >= 11 is 0. The SMILES string of the molecule is CCCCCCCCc1c(C=O)[nH]c(C(=O)OCc2ccccc2)c1C. The van der Waals surface area contributed by atoms with Gasteiger partial charge >= 0.3 is 5.97 Å². The summed E-state index contributed by atoms with van der Waals surface area (Å²) in [6.45, 7) is 4.31. The molecule has 0 saturated carbocycles. The van der Waals surface area contributed by atoms with Crippen LogP contribution in [-0.4, -0.2) is 17.2 Å². The molecule has 0 fully saturated rings. The van der Waals surface area contributed by atoms with E-state index in [0.29, 0.717) is 11.4 Å². The van der Waals surface area contributed by atoms with Gasteiger partial charge in [0.1, 0.15) is 12.3 Å². The van der Waals surface area contributed by atoms with Crippen LogP contribution in [0.1, 0.15) is 83.1 Å². The van der Waals surface area contributed by atoms with E-state index in [1.165, 1.54) is 25.7 Å². The molecule has 0 radical (unpaired) electrons. The summed E-state index contributed by atoms with van der Waals surface area (Å²) in [7, 11) is 0. The number of benzene rings is 1. The number of hydrogen-bond donors (Lipinski definition) is 1. The first-order chi connectivity index (χ1) is 12.7. The van der Waals surface area contributed by atoms with Crippen LogP contribution in [0.25, 0.3) is 0 Å². The highest BCUT2D eigenvalue weighted by Gasteiger charge is 2.19. The van der Waals surface area contributed by atoms with E-state index >= 15 is 0 Å². The zero-order valence-electron chi connectivity index (χ0n) is 15.8. The highest BCUT2D eigenvalue weighted by atomic mass is 16.5. The van der Waals surface area contributed by atoms with E-state index in [4.69, 9.17) is 4.74 Å². The number of rotatable bonds is 11. The molecule has 0 spiro atoms. The summed E-state index contributed by atoms with van der Waals surface area (Å²) in [4.78, 5) is 26.7. The summed E-state index contributed by atoms with van der Waals surface area (Å²) in [5, 5.41) is 0. The molecular weight excluding hydrogens is 326 g/mol. The van der Waals surface area contributed by atoms with E-state index in [1.807, 2.05) is 37.3 Å². The Hall–Kier alpha value is -2.36. The van der Waals surface area contributed by atoms with Crippen molar-refractivity contribution >= 4 is 12.3 Å². The van der Waals surface area contributed by atoms with Crippen LogP contribution in [0.3, 0.4) is 0 Å². The minimum Gasteiger partial charge on any atom is -0.456 e. The van der Waals surface area contributed by atoms with E-state index in [0.717, 1.165) is 42.2 Å². The third-order valence-electron chi connectivity index (χ3n) is 4.73. The molecule has 0 unspecified atom stereocenters.